The van der Waals surface area contributed by atoms with E-state index in [1.807, 2.05) is 58.6 Å². The molecule has 0 radical (unpaired) electrons. The summed E-state index contributed by atoms with van der Waals surface area (Å²) < 4.78 is 1.85. The first kappa shape index (κ1) is 15.5. The van der Waals surface area contributed by atoms with Crippen molar-refractivity contribution in [2.45, 2.75) is 13.1 Å². The van der Waals surface area contributed by atoms with E-state index < -0.39 is 0 Å². The molecule has 0 aliphatic rings. The fourth-order valence-corrected chi connectivity index (χ4v) is 3.12. The van der Waals surface area contributed by atoms with E-state index in [0.717, 1.165) is 21.6 Å². The van der Waals surface area contributed by atoms with E-state index >= 15 is 0 Å². The highest BCUT2D eigenvalue weighted by atomic mass is 32.1. The smallest absolute Gasteiger partial charge is 0.251 e. The van der Waals surface area contributed by atoms with E-state index in [4.69, 9.17) is 0 Å². The monoisotopic (exact) mass is 349 g/mol. The van der Waals surface area contributed by atoms with Gasteiger partial charge in [-0.25, -0.2) is 9.67 Å². The molecule has 2 aromatic carbocycles. The number of amides is 1. The summed E-state index contributed by atoms with van der Waals surface area (Å²) in [6, 6.07) is 15.4. The van der Waals surface area contributed by atoms with Crippen molar-refractivity contribution in [3.63, 3.8) is 0 Å². The molecule has 0 unspecified atom stereocenters. The molecule has 25 heavy (non-hydrogen) atoms. The first-order chi connectivity index (χ1) is 12.3. The van der Waals surface area contributed by atoms with E-state index in [9.17, 15) is 4.79 Å². The highest BCUT2D eigenvalue weighted by molar-refractivity contribution is 7.09. The number of nitrogens with one attached hydrogen (secondary N) is 1. The van der Waals surface area contributed by atoms with Crippen LogP contribution in [0.5, 0.6) is 0 Å². The topological polar surface area (TPSA) is 72.7 Å². The molecule has 0 spiro atoms. The standard InChI is InChI=1S/C18H15N5OS/c24-18(20-11-17-19-9-10-25-17)14-7-5-13(6-8-14)12-23-16-4-2-1-3-15(16)21-22-23/h1-10H,11-12H2,(H,20,24). The molecule has 0 saturated heterocycles. The van der Waals surface area contributed by atoms with Crippen molar-refractivity contribution in [2.75, 3.05) is 0 Å². The molecule has 0 fully saturated rings. The van der Waals surface area contributed by atoms with Crippen LogP contribution in [0.2, 0.25) is 0 Å². The Hall–Kier alpha value is -3.06. The number of benzene rings is 2. The van der Waals surface area contributed by atoms with Crippen molar-refractivity contribution >= 4 is 28.3 Å². The second-order valence-electron chi connectivity index (χ2n) is 5.54. The van der Waals surface area contributed by atoms with Gasteiger partial charge in [-0.3, -0.25) is 4.79 Å². The number of thiazole rings is 1. The molecule has 1 amide bonds. The Kier molecular flexibility index (Phi) is 4.22. The molecule has 0 aliphatic carbocycles. The van der Waals surface area contributed by atoms with Gasteiger partial charge in [0.2, 0.25) is 0 Å². The fourth-order valence-electron chi connectivity index (χ4n) is 2.57. The van der Waals surface area contributed by atoms with Crippen LogP contribution in [0.25, 0.3) is 11.0 Å². The molecule has 4 rings (SSSR count). The number of fused-ring (bicyclic) bond motifs is 1. The maximum absolute atomic E-state index is 12.2. The lowest BCUT2D eigenvalue weighted by atomic mass is 10.1. The minimum atomic E-state index is -0.104. The zero-order valence-corrected chi connectivity index (χ0v) is 14.1. The van der Waals surface area contributed by atoms with Gasteiger partial charge in [0.05, 0.1) is 18.6 Å². The van der Waals surface area contributed by atoms with Crippen molar-refractivity contribution in [1.29, 1.82) is 0 Å². The third-order valence-electron chi connectivity index (χ3n) is 3.85. The number of hydrogen-bond donors (Lipinski definition) is 1. The SMILES string of the molecule is O=C(NCc1nccs1)c1ccc(Cn2nnc3ccccc32)cc1. The van der Waals surface area contributed by atoms with E-state index in [-0.39, 0.29) is 5.91 Å². The number of nitrogens with zero attached hydrogens (tertiary/aromatic N) is 4. The van der Waals surface area contributed by atoms with Gasteiger partial charge in [0.25, 0.3) is 5.91 Å². The predicted octanol–water partition coefficient (Wildman–Crippen LogP) is 2.87. The average molecular weight is 349 g/mol. The molecule has 0 saturated carbocycles. The van der Waals surface area contributed by atoms with Crippen LogP contribution in [-0.4, -0.2) is 25.9 Å². The number of aromatic nitrogens is 4. The Morgan fingerprint density at radius 3 is 2.76 bits per heavy atom. The van der Waals surface area contributed by atoms with Gasteiger partial charge in [0, 0.05) is 17.1 Å². The maximum Gasteiger partial charge on any atom is 0.251 e. The summed E-state index contributed by atoms with van der Waals surface area (Å²) in [5.41, 5.74) is 3.56. The van der Waals surface area contributed by atoms with Gasteiger partial charge < -0.3 is 5.32 Å². The molecule has 1 N–H and O–H groups in total. The lowest BCUT2D eigenvalue weighted by Gasteiger charge is -2.06. The first-order valence-electron chi connectivity index (χ1n) is 7.83. The van der Waals surface area contributed by atoms with Crippen LogP contribution >= 0.6 is 11.3 Å². The van der Waals surface area contributed by atoms with Gasteiger partial charge in [-0.15, -0.1) is 16.4 Å². The van der Waals surface area contributed by atoms with Crippen LogP contribution in [0.15, 0.2) is 60.1 Å². The largest absolute Gasteiger partial charge is 0.346 e. The molecule has 6 nitrogen and oxygen atoms in total. The molecule has 7 heteroatoms. The van der Waals surface area contributed by atoms with Gasteiger partial charge in [-0.05, 0) is 29.8 Å². The van der Waals surface area contributed by atoms with Crippen LogP contribution in [0.3, 0.4) is 0 Å². The minimum Gasteiger partial charge on any atom is -0.346 e. The molecule has 124 valence electrons. The Morgan fingerprint density at radius 2 is 1.96 bits per heavy atom. The van der Waals surface area contributed by atoms with E-state index in [2.05, 4.69) is 20.6 Å². The molecular weight excluding hydrogens is 334 g/mol. The number of rotatable bonds is 5. The summed E-state index contributed by atoms with van der Waals surface area (Å²) in [6.45, 7) is 1.06. The van der Waals surface area contributed by atoms with E-state index in [1.54, 1.807) is 6.20 Å². The molecule has 0 atom stereocenters. The quantitative estimate of drug-likeness (QED) is 0.601. The molecule has 0 bridgehead atoms. The molecule has 4 aromatic rings. The average Bonchev–Trinajstić information content (AvgIpc) is 3.31. The Morgan fingerprint density at radius 1 is 1.12 bits per heavy atom. The first-order valence-corrected chi connectivity index (χ1v) is 8.71. The zero-order valence-electron chi connectivity index (χ0n) is 13.3. The molecular formula is C18H15N5OS. The van der Waals surface area contributed by atoms with Crippen LogP contribution in [0.1, 0.15) is 20.9 Å². The Labute approximate surface area is 148 Å². The Bertz CT molecular complexity index is 992. The van der Waals surface area contributed by atoms with E-state index in [0.29, 0.717) is 18.7 Å². The van der Waals surface area contributed by atoms with Gasteiger partial charge in [-0.1, -0.05) is 29.5 Å². The number of carbonyl (C=O) groups excluding carboxylic acids is 1. The van der Waals surface area contributed by atoms with Crippen molar-refractivity contribution in [2.24, 2.45) is 0 Å². The normalized spacial score (nSPS) is 10.9. The summed E-state index contributed by atoms with van der Waals surface area (Å²) in [7, 11) is 0. The fraction of sp³-hybridized carbons (Fsp3) is 0.111. The summed E-state index contributed by atoms with van der Waals surface area (Å²) in [5.74, 6) is -0.104. The third kappa shape index (κ3) is 3.41. The number of para-hydroxylation sites is 1. The number of hydrogen-bond acceptors (Lipinski definition) is 5. The third-order valence-corrected chi connectivity index (χ3v) is 4.63. The number of carbonyl (C=O) groups is 1. The highest BCUT2D eigenvalue weighted by Gasteiger charge is 2.08. The minimum absolute atomic E-state index is 0.104. The summed E-state index contributed by atoms with van der Waals surface area (Å²) in [6.07, 6.45) is 1.73. The summed E-state index contributed by atoms with van der Waals surface area (Å²) in [4.78, 5) is 16.3. The van der Waals surface area contributed by atoms with Crippen LogP contribution < -0.4 is 5.32 Å². The summed E-state index contributed by atoms with van der Waals surface area (Å²) in [5, 5.41) is 14.0. The van der Waals surface area contributed by atoms with E-state index in [1.165, 1.54) is 11.3 Å². The van der Waals surface area contributed by atoms with Crippen molar-refractivity contribution in [3.8, 4) is 0 Å². The molecule has 2 aromatic heterocycles. The maximum atomic E-state index is 12.2. The molecule has 0 aliphatic heterocycles. The van der Waals surface area contributed by atoms with Gasteiger partial charge in [0.1, 0.15) is 10.5 Å². The van der Waals surface area contributed by atoms with Crippen LogP contribution in [0, 0.1) is 0 Å². The summed E-state index contributed by atoms with van der Waals surface area (Å²) >= 11 is 1.52. The lowest BCUT2D eigenvalue weighted by Crippen LogP contribution is -2.22. The highest BCUT2D eigenvalue weighted by Crippen LogP contribution is 2.13. The second-order valence-corrected chi connectivity index (χ2v) is 6.52. The Balaban J connectivity index is 1.43. The van der Waals surface area contributed by atoms with Gasteiger partial charge in [0.15, 0.2) is 0 Å². The lowest BCUT2D eigenvalue weighted by molar-refractivity contribution is 0.0951. The van der Waals surface area contributed by atoms with Crippen molar-refractivity contribution < 1.29 is 4.79 Å². The zero-order chi connectivity index (χ0) is 17.1. The van der Waals surface area contributed by atoms with Gasteiger partial charge in [-0.2, -0.15) is 0 Å². The predicted molar refractivity (Wildman–Crippen MR) is 96.4 cm³/mol. The molecule has 2 heterocycles. The second kappa shape index (κ2) is 6.82. The van der Waals surface area contributed by atoms with Crippen LogP contribution in [-0.2, 0) is 13.1 Å². The van der Waals surface area contributed by atoms with Gasteiger partial charge >= 0.3 is 0 Å². The van der Waals surface area contributed by atoms with Crippen molar-refractivity contribution in [1.82, 2.24) is 25.3 Å². The van der Waals surface area contributed by atoms with Crippen molar-refractivity contribution in [3.05, 3.63) is 76.2 Å². The van der Waals surface area contributed by atoms with Crippen LogP contribution in [0.4, 0.5) is 0 Å².